The zero-order valence-corrected chi connectivity index (χ0v) is 10.2. The van der Waals surface area contributed by atoms with Crippen molar-refractivity contribution in [3.8, 4) is 0 Å². The molecule has 1 aromatic rings. The number of aryl methyl sites for hydroxylation is 1. The number of hydrogen-bond acceptors (Lipinski definition) is 2. The monoisotopic (exact) mass is 235 g/mol. The molecule has 0 aromatic heterocycles. The molecule has 0 heterocycles. The van der Waals surface area contributed by atoms with Gasteiger partial charge in [-0.25, -0.2) is 0 Å². The van der Waals surface area contributed by atoms with Gasteiger partial charge in [0.25, 0.3) is 0 Å². The molecule has 0 saturated heterocycles. The standard InChI is InChI=1S/C13H17NO3/c1-8-5-4-6-11(7-8)14-12(15)9(2)10(3)13(16)17/h4-7,9-10H,1-3H3,(H,14,15)(H,16,17). The number of amides is 1. The molecule has 4 nitrogen and oxygen atoms in total. The van der Waals surface area contributed by atoms with E-state index in [4.69, 9.17) is 5.11 Å². The minimum absolute atomic E-state index is 0.273. The van der Waals surface area contributed by atoms with Gasteiger partial charge in [0.1, 0.15) is 0 Å². The largest absolute Gasteiger partial charge is 0.481 e. The summed E-state index contributed by atoms with van der Waals surface area (Å²) in [5, 5.41) is 11.5. The number of carboxylic acids is 1. The molecular weight excluding hydrogens is 218 g/mol. The van der Waals surface area contributed by atoms with Gasteiger partial charge in [-0.3, -0.25) is 9.59 Å². The number of hydrogen-bond donors (Lipinski definition) is 2. The van der Waals surface area contributed by atoms with Crippen LogP contribution in [0, 0.1) is 18.8 Å². The zero-order valence-electron chi connectivity index (χ0n) is 10.2. The zero-order chi connectivity index (χ0) is 13.0. The van der Waals surface area contributed by atoms with Crippen molar-refractivity contribution >= 4 is 17.6 Å². The van der Waals surface area contributed by atoms with Crippen molar-refractivity contribution in [1.82, 2.24) is 0 Å². The average Bonchev–Trinajstić information content (AvgIpc) is 2.26. The molecule has 92 valence electrons. The van der Waals surface area contributed by atoms with Crippen LogP contribution < -0.4 is 5.32 Å². The summed E-state index contributed by atoms with van der Waals surface area (Å²) in [5.74, 6) is -2.49. The maximum absolute atomic E-state index is 11.8. The first kappa shape index (κ1) is 13.2. The minimum Gasteiger partial charge on any atom is -0.481 e. The molecule has 0 bridgehead atoms. The summed E-state index contributed by atoms with van der Waals surface area (Å²) in [6.07, 6.45) is 0. The first-order valence-electron chi connectivity index (χ1n) is 5.52. The third-order valence-corrected chi connectivity index (χ3v) is 2.84. The van der Waals surface area contributed by atoms with Crippen LogP contribution in [0.25, 0.3) is 0 Å². The van der Waals surface area contributed by atoms with E-state index >= 15 is 0 Å². The number of rotatable bonds is 4. The van der Waals surface area contributed by atoms with E-state index in [1.165, 1.54) is 6.92 Å². The number of aliphatic carboxylic acids is 1. The summed E-state index contributed by atoms with van der Waals surface area (Å²) in [7, 11) is 0. The van der Waals surface area contributed by atoms with Crippen molar-refractivity contribution in [2.45, 2.75) is 20.8 Å². The van der Waals surface area contributed by atoms with Crippen molar-refractivity contribution in [2.75, 3.05) is 5.32 Å². The molecule has 17 heavy (non-hydrogen) atoms. The Labute approximate surface area is 101 Å². The second-order valence-corrected chi connectivity index (χ2v) is 4.27. The van der Waals surface area contributed by atoms with Gasteiger partial charge in [-0.05, 0) is 24.6 Å². The van der Waals surface area contributed by atoms with Crippen LogP contribution in [-0.2, 0) is 9.59 Å². The normalized spacial score (nSPS) is 13.8. The van der Waals surface area contributed by atoms with Gasteiger partial charge in [0.2, 0.25) is 5.91 Å². The fraction of sp³-hybridized carbons (Fsp3) is 0.385. The number of nitrogens with one attached hydrogen (secondary N) is 1. The molecule has 1 rings (SSSR count). The van der Waals surface area contributed by atoms with Crippen LogP contribution >= 0.6 is 0 Å². The van der Waals surface area contributed by atoms with E-state index in [0.717, 1.165) is 5.56 Å². The highest BCUT2D eigenvalue weighted by Crippen LogP contribution is 2.15. The van der Waals surface area contributed by atoms with Crippen LogP contribution in [0.2, 0.25) is 0 Å². The van der Waals surface area contributed by atoms with Crippen LogP contribution in [0.15, 0.2) is 24.3 Å². The quantitative estimate of drug-likeness (QED) is 0.841. The van der Waals surface area contributed by atoms with Crippen LogP contribution in [0.3, 0.4) is 0 Å². The number of benzene rings is 1. The smallest absolute Gasteiger partial charge is 0.307 e. The van der Waals surface area contributed by atoms with Crippen LogP contribution in [0.4, 0.5) is 5.69 Å². The lowest BCUT2D eigenvalue weighted by Gasteiger charge is -2.15. The topological polar surface area (TPSA) is 66.4 Å². The van der Waals surface area contributed by atoms with E-state index in [1.54, 1.807) is 13.0 Å². The van der Waals surface area contributed by atoms with Crippen molar-refractivity contribution in [3.63, 3.8) is 0 Å². The summed E-state index contributed by atoms with van der Waals surface area (Å²) < 4.78 is 0. The van der Waals surface area contributed by atoms with Gasteiger partial charge in [0, 0.05) is 11.6 Å². The second kappa shape index (κ2) is 5.48. The third kappa shape index (κ3) is 3.59. The highest BCUT2D eigenvalue weighted by Gasteiger charge is 2.25. The molecule has 1 aromatic carbocycles. The average molecular weight is 235 g/mol. The maximum Gasteiger partial charge on any atom is 0.307 e. The Morgan fingerprint density at radius 1 is 1.24 bits per heavy atom. The molecule has 0 spiro atoms. The molecule has 0 aliphatic rings. The Morgan fingerprint density at radius 3 is 2.41 bits per heavy atom. The van der Waals surface area contributed by atoms with E-state index in [0.29, 0.717) is 5.69 Å². The Kier molecular flexibility index (Phi) is 4.26. The number of carboxylic acid groups (broad SMARTS) is 1. The van der Waals surface area contributed by atoms with Gasteiger partial charge in [0.05, 0.1) is 5.92 Å². The third-order valence-electron chi connectivity index (χ3n) is 2.84. The maximum atomic E-state index is 11.8. The molecule has 1 amide bonds. The molecule has 0 saturated carbocycles. The summed E-state index contributed by atoms with van der Waals surface area (Å²) in [6, 6.07) is 7.40. The van der Waals surface area contributed by atoms with Gasteiger partial charge in [-0.2, -0.15) is 0 Å². The molecular formula is C13H17NO3. The van der Waals surface area contributed by atoms with E-state index < -0.39 is 17.8 Å². The Balaban J connectivity index is 2.69. The van der Waals surface area contributed by atoms with E-state index in [2.05, 4.69) is 5.32 Å². The molecule has 2 N–H and O–H groups in total. The van der Waals surface area contributed by atoms with E-state index in [-0.39, 0.29) is 5.91 Å². The summed E-state index contributed by atoms with van der Waals surface area (Å²) in [6.45, 7) is 5.08. The number of anilines is 1. The van der Waals surface area contributed by atoms with Crippen molar-refractivity contribution in [3.05, 3.63) is 29.8 Å². The molecule has 4 heteroatoms. The van der Waals surface area contributed by atoms with Crippen molar-refractivity contribution in [1.29, 1.82) is 0 Å². The van der Waals surface area contributed by atoms with Gasteiger partial charge >= 0.3 is 5.97 Å². The van der Waals surface area contributed by atoms with Crippen molar-refractivity contribution in [2.24, 2.45) is 11.8 Å². The molecule has 0 aliphatic heterocycles. The summed E-state index contributed by atoms with van der Waals surface area (Å²) in [4.78, 5) is 22.6. The lowest BCUT2D eigenvalue weighted by Crippen LogP contribution is -2.29. The highest BCUT2D eigenvalue weighted by molar-refractivity contribution is 5.94. The lowest BCUT2D eigenvalue weighted by atomic mass is 9.95. The Bertz CT molecular complexity index is 428. The molecule has 0 fully saturated rings. The number of carbonyl (C=O) groups excluding carboxylic acids is 1. The first-order valence-corrected chi connectivity index (χ1v) is 5.52. The predicted octanol–water partition coefficient (Wildman–Crippen LogP) is 2.29. The second-order valence-electron chi connectivity index (χ2n) is 4.27. The number of carbonyl (C=O) groups is 2. The summed E-state index contributed by atoms with van der Waals surface area (Å²) in [5.41, 5.74) is 1.74. The molecule has 2 unspecified atom stereocenters. The van der Waals surface area contributed by atoms with Gasteiger partial charge in [0.15, 0.2) is 0 Å². The fourth-order valence-corrected chi connectivity index (χ4v) is 1.42. The molecule has 0 radical (unpaired) electrons. The fourth-order valence-electron chi connectivity index (χ4n) is 1.42. The van der Waals surface area contributed by atoms with Gasteiger partial charge < -0.3 is 10.4 Å². The Morgan fingerprint density at radius 2 is 1.88 bits per heavy atom. The van der Waals surface area contributed by atoms with Crippen LogP contribution in [0.5, 0.6) is 0 Å². The Hall–Kier alpha value is -1.84. The van der Waals surface area contributed by atoms with Gasteiger partial charge in [-0.1, -0.05) is 26.0 Å². The molecule has 0 aliphatic carbocycles. The summed E-state index contributed by atoms with van der Waals surface area (Å²) >= 11 is 0. The van der Waals surface area contributed by atoms with Crippen molar-refractivity contribution < 1.29 is 14.7 Å². The highest BCUT2D eigenvalue weighted by atomic mass is 16.4. The van der Waals surface area contributed by atoms with Crippen LogP contribution in [-0.4, -0.2) is 17.0 Å². The lowest BCUT2D eigenvalue weighted by molar-refractivity contribution is -0.145. The first-order chi connectivity index (χ1) is 7.91. The SMILES string of the molecule is Cc1cccc(NC(=O)C(C)C(C)C(=O)O)c1. The predicted molar refractivity (Wildman–Crippen MR) is 65.8 cm³/mol. The van der Waals surface area contributed by atoms with Gasteiger partial charge in [-0.15, -0.1) is 0 Å². The van der Waals surface area contributed by atoms with E-state index in [9.17, 15) is 9.59 Å². The molecule has 2 atom stereocenters. The van der Waals surface area contributed by atoms with Crippen LogP contribution in [0.1, 0.15) is 19.4 Å². The minimum atomic E-state index is -0.961. The van der Waals surface area contributed by atoms with E-state index in [1.807, 2.05) is 25.1 Å².